The van der Waals surface area contributed by atoms with Crippen molar-refractivity contribution in [3.63, 3.8) is 0 Å². The van der Waals surface area contributed by atoms with Crippen molar-refractivity contribution in [2.45, 2.75) is 45.8 Å². The zero-order valence-electron chi connectivity index (χ0n) is 9.49. The zero-order chi connectivity index (χ0) is 11.8. The minimum Gasteiger partial charge on any atom is -0.466 e. The van der Waals surface area contributed by atoms with E-state index in [0.717, 1.165) is 0 Å². The molecule has 0 unspecified atom stereocenters. The van der Waals surface area contributed by atoms with E-state index >= 15 is 0 Å². The molecule has 0 aliphatic carbocycles. The Bertz CT molecular complexity index is 215. The third kappa shape index (κ3) is 6.90. The maximum absolute atomic E-state index is 11.2. The minimum absolute atomic E-state index is 0.141. The molecule has 0 aliphatic rings. The van der Waals surface area contributed by atoms with Crippen LogP contribution in [0.2, 0.25) is 0 Å². The van der Waals surface area contributed by atoms with Crippen LogP contribution in [0.5, 0.6) is 0 Å². The number of carbonyl (C=O) groups is 2. The molecule has 0 saturated carbocycles. The fourth-order valence-electron chi connectivity index (χ4n) is 0.944. The van der Waals surface area contributed by atoms with Crippen LogP contribution >= 0.6 is 0 Å². The van der Waals surface area contributed by atoms with Crippen LogP contribution in [0.25, 0.3) is 0 Å². The highest BCUT2D eigenvalue weighted by Crippen LogP contribution is 2.01. The van der Waals surface area contributed by atoms with Gasteiger partial charge >= 0.3 is 11.9 Å². The minimum atomic E-state index is -0.753. The van der Waals surface area contributed by atoms with Gasteiger partial charge in [0.2, 0.25) is 0 Å². The summed E-state index contributed by atoms with van der Waals surface area (Å²) in [6.07, 6.45) is 0.207. The van der Waals surface area contributed by atoms with Crippen LogP contribution in [0, 0.1) is 0 Å². The van der Waals surface area contributed by atoms with Crippen molar-refractivity contribution in [2.75, 3.05) is 6.61 Å². The molecule has 2 N–H and O–H groups in total. The van der Waals surface area contributed by atoms with Gasteiger partial charge in [0.1, 0.15) is 6.04 Å². The average Bonchev–Trinajstić information content (AvgIpc) is 2.13. The molecule has 0 aliphatic heterocycles. The van der Waals surface area contributed by atoms with Gasteiger partial charge < -0.3 is 15.2 Å². The Morgan fingerprint density at radius 1 is 1.33 bits per heavy atom. The molecule has 0 aromatic rings. The van der Waals surface area contributed by atoms with Crippen molar-refractivity contribution in [1.29, 1.82) is 0 Å². The summed E-state index contributed by atoms with van der Waals surface area (Å²) < 4.78 is 9.59. The van der Waals surface area contributed by atoms with Crippen molar-refractivity contribution in [1.82, 2.24) is 0 Å². The molecular weight excluding hydrogens is 198 g/mol. The van der Waals surface area contributed by atoms with E-state index in [1.807, 2.05) is 0 Å². The lowest BCUT2D eigenvalue weighted by atomic mass is 10.2. The molecule has 0 fully saturated rings. The van der Waals surface area contributed by atoms with E-state index in [1.54, 1.807) is 20.8 Å². The lowest BCUT2D eigenvalue weighted by Gasteiger charge is -2.13. The van der Waals surface area contributed by atoms with Gasteiger partial charge in [0, 0.05) is 6.42 Å². The fourth-order valence-corrected chi connectivity index (χ4v) is 0.944. The molecule has 0 aromatic carbocycles. The van der Waals surface area contributed by atoms with Gasteiger partial charge in [-0.25, -0.2) is 0 Å². The van der Waals surface area contributed by atoms with Crippen molar-refractivity contribution in [3.8, 4) is 0 Å². The number of hydrogen-bond donors (Lipinski definition) is 1. The molecule has 0 rings (SSSR count). The molecule has 1 atom stereocenters. The summed E-state index contributed by atoms with van der Waals surface area (Å²) >= 11 is 0. The van der Waals surface area contributed by atoms with Crippen LogP contribution in [0.15, 0.2) is 0 Å². The average molecular weight is 217 g/mol. The number of ether oxygens (including phenoxy) is 2. The summed E-state index contributed by atoms with van der Waals surface area (Å²) in [7, 11) is 0. The Labute approximate surface area is 89.9 Å². The topological polar surface area (TPSA) is 78.6 Å². The van der Waals surface area contributed by atoms with E-state index in [1.165, 1.54) is 0 Å². The highest BCUT2D eigenvalue weighted by molar-refractivity contribution is 5.77. The second kappa shape index (κ2) is 7.23. The molecular formula is C10H19NO4. The maximum atomic E-state index is 11.2. The first-order valence-electron chi connectivity index (χ1n) is 5.09. The Hall–Kier alpha value is -1.10. The molecule has 0 radical (unpaired) electrons. The number of hydrogen-bond acceptors (Lipinski definition) is 5. The largest absolute Gasteiger partial charge is 0.466 e. The van der Waals surface area contributed by atoms with E-state index < -0.39 is 12.0 Å². The molecule has 0 saturated heterocycles. The SMILES string of the molecule is CCOC(=O)CC[C@@H](N)C(=O)OC(C)C. The third-order valence-electron chi connectivity index (χ3n) is 1.62. The third-order valence-corrected chi connectivity index (χ3v) is 1.62. The number of carbonyl (C=O) groups excluding carboxylic acids is 2. The lowest BCUT2D eigenvalue weighted by molar-refractivity contribution is -0.149. The van der Waals surface area contributed by atoms with Gasteiger partial charge in [-0.05, 0) is 27.2 Å². The van der Waals surface area contributed by atoms with Crippen LogP contribution < -0.4 is 5.73 Å². The van der Waals surface area contributed by atoms with Crippen molar-refractivity contribution >= 4 is 11.9 Å². The van der Waals surface area contributed by atoms with Crippen LogP contribution in [0.4, 0.5) is 0 Å². The number of esters is 2. The van der Waals surface area contributed by atoms with Crippen LogP contribution in [0.1, 0.15) is 33.6 Å². The van der Waals surface area contributed by atoms with Crippen molar-refractivity contribution in [3.05, 3.63) is 0 Å². The summed E-state index contributed by atoms with van der Waals surface area (Å²) in [5.41, 5.74) is 5.53. The van der Waals surface area contributed by atoms with E-state index in [2.05, 4.69) is 0 Å². The Kier molecular flexibility index (Phi) is 6.70. The van der Waals surface area contributed by atoms with Crippen LogP contribution in [-0.2, 0) is 19.1 Å². The van der Waals surface area contributed by atoms with E-state index in [0.29, 0.717) is 6.61 Å². The number of rotatable bonds is 6. The summed E-state index contributed by atoms with van der Waals surface area (Å²) in [5.74, 6) is -0.820. The molecule has 15 heavy (non-hydrogen) atoms. The molecule has 0 bridgehead atoms. The van der Waals surface area contributed by atoms with E-state index in [-0.39, 0.29) is 24.9 Å². The van der Waals surface area contributed by atoms with Crippen molar-refractivity contribution < 1.29 is 19.1 Å². The van der Waals surface area contributed by atoms with E-state index in [4.69, 9.17) is 15.2 Å². The molecule has 5 heteroatoms. The fraction of sp³-hybridized carbons (Fsp3) is 0.800. The Morgan fingerprint density at radius 2 is 1.93 bits per heavy atom. The predicted octanol–water partition coefficient (Wildman–Crippen LogP) is 0.609. The van der Waals surface area contributed by atoms with Gasteiger partial charge in [0.15, 0.2) is 0 Å². The van der Waals surface area contributed by atoms with E-state index in [9.17, 15) is 9.59 Å². The lowest BCUT2D eigenvalue weighted by Crippen LogP contribution is -2.34. The molecule has 0 heterocycles. The second-order valence-corrected chi connectivity index (χ2v) is 3.44. The highest BCUT2D eigenvalue weighted by Gasteiger charge is 2.17. The summed E-state index contributed by atoms with van der Waals surface area (Å²) in [5, 5.41) is 0. The Morgan fingerprint density at radius 3 is 2.40 bits per heavy atom. The molecule has 5 nitrogen and oxygen atoms in total. The smallest absolute Gasteiger partial charge is 0.323 e. The maximum Gasteiger partial charge on any atom is 0.323 e. The summed E-state index contributed by atoms with van der Waals surface area (Å²) in [6, 6.07) is -0.753. The molecule has 88 valence electrons. The van der Waals surface area contributed by atoms with Gasteiger partial charge in [0.25, 0.3) is 0 Å². The van der Waals surface area contributed by atoms with Crippen LogP contribution in [-0.4, -0.2) is 30.7 Å². The van der Waals surface area contributed by atoms with Gasteiger partial charge in [-0.3, -0.25) is 9.59 Å². The molecule has 0 spiro atoms. The van der Waals surface area contributed by atoms with Gasteiger partial charge in [-0.1, -0.05) is 0 Å². The number of nitrogens with two attached hydrogens (primary N) is 1. The summed E-state index contributed by atoms with van der Waals surface area (Å²) in [6.45, 7) is 5.56. The first kappa shape index (κ1) is 13.9. The zero-order valence-corrected chi connectivity index (χ0v) is 9.49. The summed E-state index contributed by atoms with van der Waals surface area (Å²) in [4.78, 5) is 22.2. The van der Waals surface area contributed by atoms with Crippen molar-refractivity contribution in [2.24, 2.45) is 5.73 Å². The second-order valence-electron chi connectivity index (χ2n) is 3.44. The monoisotopic (exact) mass is 217 g/mol. The Balaban J connectivity index is 3.77. The molecule has 0 amide bonds. The van der Waals surface area contributed by atoms with Gasteiger partial charge in [0.05, 0.1) is 12.7 Å². The first-order chi connectivity index (χ1) is 6.97. The van der Waals surface area contributed by atoms with Crippen LogP contribution in [0.3, 0.4) is 0 Å². The standard InChI is InChI=1S/C10H19NO4/c1-4-14-9(12)6-5-8(11)10(13)15-7(2)3/h7-8H,4-6,11H2,1-3H3/t8-/m1/s1. The highest BCUT2D eigenvalue weighted by atomic mass is 16.5. The first-order valence-corrected chi connectivity index (χ1v) is 5.09. The normalized spacial score (nSPS) is 12.3. The van der Waals surface area contributed by atoms with Gasteiger partial charge in [-0.2, -0.15) is 0 Å². The molecule has 0 aromatic heterocycles. The quantitative estimate of drug-likeness (QED) is 0.659. The predicted molar refractivity (Wildman–Crippen MR) is 55.1 cm³/mol. The van der Waals surface area contributed by atoms with Gasteiger partial charge in [-0.15, -0.1) is 0 Å².